The van der Waals surface area contributed by atoms with Crippen molar-refractivity contribution in [2.75, 3.05) is 13.1 Å². The normalized spacial score (nSPS) is 22.9. The van der Waals surface area contributed by atoms with E-state index >= 15 is 0 Å². The Morgan fingerprint density at radius 3 is 2.93 bits per heavy atom. The highest BCUT2D eigenvalue weighted by atomic mass is 35.5. The first-order chi connectivity index (χ1) is 7.27. The van der Waals surface area contributed by atoms with E-state index in [-0.39, 0.29) is 0 Å². The van der Waals surface area contributed by atoms with E-state index in [1.807, 2.05) is 18.2 Å². The van der Waals surface area contributed by atoms with Gasteiger partial charge in [-0.15, -0.1) is 0 Å². The minimum atomic E-state index is 0.323. The molecule has 0 bridgehead atoms. The molecule has 0 amide bonds. The fourth-order valence-corrected chi connectivity index (χ4v) is 2.37. The number of rotatable bonds is 3. The van der Waals surface area contributed by atoms with Crippen LogP contribution in [-0.2, 0) is 0 Å². The van der Waals surface area contributed by atoms with Crippen LogP contribution in [0.25, 0.3) is 0 Å². The first-order valence-corrected chi connectivity index (χ1v) is 5.86. The van der Waals surface area contributed by atoms with Crippen LogP contribution in [0.1, 0.15) is 24.9 Å². The van der Waals surface area contributed by atoms with Crippen molar-refractivity contribution in [3.8, 4) is 0 Å². The van der Waals surface area contributed by atoms with Gasteiger partial charge in [0, 0.05) is 23.7 Å². The van der Waals surface area contributed by atoms with Gasteiger partial charge in [-0.1, -0.05) is 29.8 Å². The van der Waals surface area contributed by atoms with Gasteiger partial charge in [0.1, 0.15) is 0 Å². The predicted molar refractivity (Wildman–Crippen MR) is 64.3 cm³/mol. The maximum Gasteiger partial charge on any atom is 0.0453 e. The summed E-state index contributed by atoms with van der Waals surface area (Å²) in [5.74, 6) is 0. The van der Waals surface area contributed by atoms with Crippen molar-refractivity contribution in [2.45, 2.75) is 25.4 Å². The second-order valence-electron chi connectivity index (χ2n) is 4.10. The minimum Gasteiger partial charge on any atom is -0.315 e. The summed E-state index contributed by atoms with van der Waals surface area (Å²) in [5.41, 5.74) is 1.19. The van der Waals surface area contributed by atoms with Crippen LogP contribution >= 0.6 is 11.6 Å². The molecule has 1 aromatic carbocycles. The molecule has 0 aliphatic carbocycles. The Bertz CT molecular complexity index is 321. The summed E-state index contributed by atoms with van der Waals surface area (Å²) in [6.07, 6.45) is 1.20. The first kappa shape index (κ1) is 10.9. The molecule has 0 saturated carbocycles. The Balaban J connectivity index is 2.00. The van der Waals surface area contributed by atoms with Crippen LogP contribution in [0.2, 0.25) is 5.02 Å². The summed E-state index contributed by atoms with van der Waals surface area (Å²) >= 11 is 6.15. The summed E-state index contributed by atoms with van der Waals surface area (Å²) in [6.45, 7) is 4.35. The Morgan fingerprint density at radius 1 is 1.47 bits per heavy atom. The summed E-state index contributed by atoms with van der Waals surface area (Å²) in [7, 11) is 0. The van der Waals surface area contributed by atoms with Crippen molar-refractivity contribution in [3.63, 3.8) is 0 Å². The van der Waals surface area contributed by atoms with Gasteiger partial charge in [-0.25, -0.2) is 0 Å². The zero-order chi connectivity index (χ0) is 10.7. The molecule has 1 aliphatic rings. The molecule has 3 heteroatoms. The molecule has 2 rings (SSSR count). The van der Waals surface area contributed by atoms with Crippen LogP contribution in [0.5, 0.6) is 0 Å². The molecule has 1 saturated heterocycles. The van der Waals surface area contributed by atoms with Crippen LogP contribution in [-0.4, -0.2) is 19.1 Å². The smallest absolute Gasteiger partial charge is 0.0453 e. The molecule has 0 aromatic heterocycles. The van der Waals surface area contributed by atoms with Gasteiger partial charge in [0.05, 0.1) is 0 Å². The first-order valence-electron chi connectivity index (χ1n) is 5.48. The summed E-state index contributed by atoms with van der Waals surface area (Å²) in [4.78, 5) is 0. The Morgan fingerprint density at radius 2 is 2.27 bits per heavy atom. The lowest BCUT2D eigenvalue weighted by Crippen LogP contribution is -2.33. The van der Waals surface area contributed by atoms with Crippen molar-refractivity contribution in [3.05, 3.63) is 34.9 Å². The number of hydrogen-bond acceptors (Lipinski definition) is 2. The van der Waals surface area contributed by atoms with Crippen LogP contribution < -0.4 is 10.6 Å². The topological polar surface area (TPSA) is 24.1 Å². The summed E-state index contributed by atoms with van der Waals surface area (Å²) in [5, 5.41) is 7.79. The van der Waals surface area contributed by atoms with Gasteiger partial charge in [-0.3, -0.25) is 0 Å². The van der Waals surface area contributed by atoms with Gasteiger partial charge in [0.25, 0.3) is 0 Å². The third-order valence-corrected chi connectivity index (χ3v) is 3.26. The zero-order valence-electron chi connectivity index (χ0n) is 8.96. The highest BCUT2D eigenvalue weighted by molar-refractivity contribution is 6.31. The molecule has 2 unspecified atom stereocenters. The van der Waals surface area contributed by atoms with Crippen molar-refractivity contribution >= 4 is 11.6 Å². The van der Waals surface area contributed by atoms with E-state index in [4.69, 9.17) is 11.6 Å². The molecule has 2 N–H and O–H groups in total. The quantitative estimate of drug-likeness (QED) is 0.824. The monoisotopic (exact) mass is 224 g/mol. The van der Waals surface area contributed by atoms with E-state index in [1.54, 1.807) is 0 Å². The van der Waals surface area contributed by atoms with Crippen LogP contribution in [0.15, 0.2) is 24.3 Å². The Kier molecular flexibility index (Phi) is 3.62. The van der Waals surface area contributed by atoms with Crippen LogP contribution in [0.4, 0.5) is 0 Å². The van der Waals surface area contributed by atoms with E-state index in [2.05, 4.69) is 23.6 Å². The molecule has 1 aliphatic heterocycles. The number of nitrogens with one attached hydrogen (secondary N) is 2. The molecule has 15 heavy (non-hydrogen) atoms. The van der Waals surface area contributed by atoms with Gasteiger partial charge in [0.15, 0.2) is 0 Å². The molecule has 82 valence electrons. The van der Waals surface area contributed by atoms with Gasteiger partial charge < -0.3 is 10.6 Å². The van der Waals surface area contributed by atoms with E-state index in [0.717, 1.165) is 18.1 Å². The van der Waals surface area contributed by atoms with E-state index in [9.17, 15) is 0 Å². The average Bonchev–Trinajstić information content (AvgIpc) is 2.71. The molecular formula is C12H17ClN2. The highest BCUT2D eigenvalue weighted by Crippen LogP contribution is 2.22. The molecule has 1 aromatic rings. The maximum atomic E-state index is 6.15. The SMILES string of the molecule is CC(NC1CCNC1)c1ccccc1Cl. The van der Waals surface area contributed by atoms with Gasteiger partial charge in [-0.2, -0.15) is 0 Å². The van der Waals surface area contributed by atoms with Crippen molar-refractivity contribution in [2.24, 2.45) is 0 Å². The summed E-state index contributed by atoms with van der Waals surface area (Å²) in [6, 6.07) is 8.94. The number of benzene rings is 1. The van der Waals surface area contributed by atoms with Gasteiger partial charge in [-0.05, 0) is 31.5 Å². The largest absolute Gasteiger partial charge is 0.315 e. The Hall–Kier alpha value is -0.570. The molecule has 1 heterocycles. The standard InChI is InChI=1S/C12H17ClN2/c1-9(15-10-6-7-14-8-10)11-4-2-3-5-12(11)13/h2-5,9-10,14-15H,6-8H2,1H3. The molecule has 1 fully saturated rings. The van der Waals surface area contributed by atoms with E-state index < -0.39 is 0 Å². The predicted octanol–water partition coefficient (Wildman–Crippen LogP) is 2.35. The second-order valence-corrected chi connectivity index (χ2v) is 4.51. The Labute approximate surface area is 96.0 Å². The number of halogens is 1. The molecular weight excluding hydrogens is 208 g/mol. The molecule has 2 atom stereocenters. The zero-order valence-corrected chi connectivity index (χ0v) is 9.72. The van der Waals surface area contributed by atoms with Crippen LogP contribution in [0.3, 0.4) is 0 Å². The van der Waals surface area contributed by atoms with E-state index in [0.29, 0.717) is 12.1 Å². The summed E-state index contributed by atoms with van der Waals surface area (Å²) < 4.78 is 0. The van der Waals surface area contributed by atoms with Gasteiger partial charge >= 0.3 is 0 Å². The van der Waals surface area contributed by atoms with Crippen LogP contribution in [0, 0.1) is 0 Å². The molecule has 2 nitrogen and oxygen atoms in total. The fraction of sp³-hybridized carbons (Fsp3) is 0.500. The highest BCUT2D eigenvalue weighted by Gasteiger charge is 2.17. The molecule has 0 spiro atoms. The maximum absolute atomic E-state index is 6.15. The van der Waals surface area contributed by atoms with Crippen molar-refractivity contribution in [1.82, 2.24) is 10.6 Å². The second kappa shape index (κ2) is 4.97. The lowest BCUT2D eigenvalue weighted by Gasteiger charge is -2.19. The molecule has 0 radical (unpaired) electrons. The third kappa shape index (κ3) is 2.71. The number of hydrogen-bond donors (Lipinski definition) is 2. The van der Waals surface area contributed by atoms with Crippen molar-refractivity contribution in [1.29, 1.82) is 0 Å². The lowest BCUT2D eigenvalue weighted by molar-refractivity contribution is 0.478. The average molecular weight is 225 g/mol. The lowest BCUT2D eigenvalue weighted by atomic mass is 10.1. The minimum absolute atomic E-state index is 0.323. The fourth-order valence-electron chi connectivity index (χ4n) is 2.07. The van der Waals surface area contributed by atoms with Gasteiger partial charge in [0.2, 0.25) is 0 Å². The van der Waals surface area contributed by atoms with E-state index in [1.165, 1.54) is 12.0 Å². The third-order valence-electron chi connectivity index (χ3n) is 2.92. The van der Waals surface area contributed by atoms with Crippen molar-refractivity contribution < 1.29 is 0 Å².